The zero-order valence-electron chi connectivity index (χ0n) is 13.4. The number of urea groups is 1. The smallest absolute Gasteiger partial charge is 0.421 e. The summed E-state index contributed by atoms with van der Waals surface area (Å²) in [6, 6.07) is 4.33. The van der Waals surface area contributed by atoms with Gasteiger partial charge in [-0.3, -0.25) is 0 Å². The number of quaternary nitrogens is 1. The SMILES string of the molecule is NC(=O)[N+]1(C(=O)c2cc(N)c3nc(-c4ccco4)nn3c2)CCCC1. The van der Waals surface area contributed by atoms with Crippen molar-refractivity contribution in [3.05, 3.63) is 36.2 Å². The van der Waals surface area contributed by atoms with E-state index < -0.39 is 6.03 Å². The van der Waals surface area contributed by atoms with Crippen molar-refractivity contribution in [3.8, 4) is 11.6 Å². The Hall–Kier alpha value is -3.20. The van der Waals surface area contributed by atoms with Gasteiger partial charge < -0.3 is 15.9 Å². The van der Waals surface area contributed by atoms with Gasteiger partial charge in [-0.2, -0.15) is 4.48 Å². The van der Waals surface area contributed by atoms with Gasteiger partial charge >= 0.3 is 11.9 Å². The molecule has 1 fully saturated rings. The predicted molar refractivity (Wildman–Crippen MR) is 88.2 cm³/mol. The second-order valence-corrected chi connectivity index (χ2v) is 6.13. The zero-order valence-corrected chi connectivity index (χ0v) is 13.4. The van der Waals surface area contributed by atoms with Crippen LogP contribution in [0.5, 0.6) is 0 Å². The van der Waals surface area contributed by atoms with Crippen molar-refractivity contribution in [2.45, 2.75) is 12.8 Å². The summed E-state index contributed by atoms with van der Waals surface area (Å²) < 4.78 is 6.33. The monoisotopic (exact) mass is 341 g/mol. The Kier molecular flexibility index (Phi) is 3.32. The molecule has 3 aromatic heterocycles. The molecule has 1 aliphatic heterocycles. The molecule has 0 saturated carbocycles. The number of primary amides is 1. The third-order valence-corrected chi connectivity index (χ3v) is 4.59. The van der Waals surface area contributed by atoms with E-state index in [-0.39, 0.29) is 21.6 Å². The number of nitrogens with zero attached hydrogens (tertiary/aromatic N) is 4. The summed E-state index contributed by atoms with van der Waals surface area (Å²) in [7, 11) is 0. The van der Waals surface area contributed by atoms with Crippen LogP contribution in [-0.4, -0.2) is 44.1 Å². The number of likely N-dealkylation sites (tertiary alicyclic amines) is 1. The van der Waals surface area contributed by atoms with Gasteiger partial charge in [0.1, 0.15) is 5.56 Å². The number of carbonyl (C=O) groups is 2. The van der Waals surface area contributed by atoms with Gasteiger partial charge in [0.25, 0.3) is 0 Å². The van der Waals surface area contributed by atoms with Crippen molar-refractivity contribution < 1.29 is 18.5 Å². The molecule has 9 heteroatoms. The van der Waals surface area contributed by atoms with Crippen LogP contribution in [0.2, 0.25) is 0 Å². The number of hydrogen-bond donors (Lipinski definition) is 2. The molecule has 3 aromatic rings. The van der Waals surface area contributed by atoms with E-state index in [9.17, 15) is 9.59 Å². The number of imide groups is 1. The average molecular weight is 341 g/mol. The maximum atomic E-state index is 13.0. The van der Waals surface area contributed by atoms with Gasteiger partial charge in [0.15, 0.2) is 11.4 Å². The predicted octanol–water partition coefficient (Wildman–Crippen LogP) is 1.40. The Bertz CT molecular complexity index is 969. The Morgan fingerprint density at radius 3 is 2.68 bits per heavy atom. The van der Waals surface area contributed by atoms with Gasteiger partial charge in [-0.1, -0.05) is 0 Å². The average Bonchev–Trinajstić information content (AvgIpc) is 3.32. The number of fused-ring (bicyclic) bond motifs is 1. The van der Waals surface area contributed by atoms with E-state index in [0.29, 0.717) is 30.3 Å². The van der Waals surface area contributed by atoms with Gasteiger partial charge in [-0.15, -0.1) is 5.10 Å². The van der Waals surface area contributed by atoms with Gasteiger partial charge in [-0.25, -0.2) is 19.1 Å². The fraction of sp³-hybridized carbons (Fsp3) is 0.250. The molecule has 25 heavy (non-hydrogen) atoms. The van der Waals surface area contributed by atoms with E-state index in [4.69, 9.17) is 15.9 Å². The zero-order chi connectivity index (χ0) is 17.6. The van der Waals surface area contributed by atoms with E-state index in [0.717, 1.165) is 12.8 Å². The van der Waals surface area contributed by atoms with Crippen molar-refractivity contribution in [2.75, 3.05) is 18.8 Å². The van der Waals surface area contributed by atoms with Crippen LogP contribution in [-0.2, 0) is 0 Å². The first kappa shape index (κ1) is 15.3. The molecule has 0 unspecified atom stereocenters. The van der Waals surface area contributed by atoms with Crippen LogP contribution in [0.15, 0.2) is 35.1 Å². The first-order valence-corrected chi connectivity index (χ1v) is 7.93. The van der Waals surface area contributed by atoms with E-state index in [1.807, 2.05) is 0 Å². The summed E-state index contributed by atoms with van der Waals surface area (Å²) in [4.78, 5) is 29.2. The lowest BCUT2D eigenvalue weighted by atomic mass is 10.2. The summed E-state index contributed by atoms with van der Waals surface area (Å²) in [5, 5.41) is 4.31. The fourth-order valence-corrected chi connectivity index (χ4v) is 3.28. The molecule has 4 rings (SSSR count). The second-order valence-electron chi connectivity index (χ2n) is 6.13. The van der Waals surface area contributed by atoms with Crippen molar-refractivity contribution in [3.63, 3.8) is 0 Å². The van der Waals surface area contributed by atoms with E-state index in [1.54, 1.807) is 12.1 Å². The summed E-state index contributed by atoms with van der Waals surface area (Å²) in [5.74, 6) is 0.492. The van der Waals surface area contributed by atoms with Crippen LogP contribution in [0.4, 0.5) is 10.5 Å². The highest BCUT2D eigenvalue weighted by molar-refractivity contribution is 5.96. The molecule has 3 amide bonds. The van der Waals surface area contributed by atoms with Gasteiger partial charge in [0.2, 0.25) is 5.82 Å². The van der Waals surface area contributed by atoms with Crippen LogP contribution in [0.3, 0.4) is 0 Å². The summed E-state index contributed by atoms with van der Waals surface area (Å²) in [5.41, 5.74) is 12.6. The Morgan fingerprint density at radius 1 is 1.28 bits per heavy atom. The molecule has 128 valence electrons. The minimum absolute atomic E-state index is 0.279. The first-order chi connectivity index (χ1) is 12.0. The largest absolute Gasteiger partial charge is 0.461 e. The molecule has 0 aromatic carbocycles. The highest BCUT2D eigenvalue weighted by Crippen LogP contribution is 2.26. The third-order valence-electron chi connectivity index (χ3n) is 4.59. The van der Waals surface area contributed by atoms with Gasteiger partial charge in [0, 0.05) is 19.0 Å². The lowest BCUT2D eigenvalue weighted by molar-refractivity contribution is -0.751. The van der Waals surface area contributed by atoms with E-state index in [1.165, 1.54) is 23.0 Å². The lowest BCUT2D eigenvalue weighted by Crippen LogP contribution is -2.57. The van der Waals surface area contributed by atoms with Gasteiger partial charge in [-0.05, 0) is 18.2 Å². The molecule has 1 saturated heterocycles. The number of furan rings is 1. The fourth-order valence-electron chi connectivity index (χ4n) is 3.28. The van der Waals surface area contributed by atoms with Crippen molar-refractivity contribution in [1.82, 2.24) is 14.6 Å². The standard InChI is InChI=1S/C16H16N6O3/c17-11-8-10(15(23)22(16(18)24)5-1-2-6-22)9-21-14(11)19-13(20-21)12-4-3-7-25-12/h3-4,7-9H,1-2,5-6,17H2,(H-,18,24)/p+1. The number of carbonyl (C=O) groups excluding carboxylic acids is 2. The quantitative estimate of drug-likeness (QED) is 0.678. The molecule has 0 radical (unpaired) electrons. The maximum absolute atomic E-state index is 13.0. The summed E-state index contributed by atoms with van der Waals surface area (Å²) in [6.45, 7) is 0.808. The number of pyridine rings is 1. The molecule has 4 N–H and O–H groups in total. The Morgan fingerprint density at radius 2 is 2.04 bits per heavy atom. The summed E-state index contributed by atoms with van der Waals surface area (Å²) in [6.07, 6.45) is 4.60. The second kappa shape index (κ2) is 5.42. The van der Waals surface area contributed by atoms with Crippen LogP contribution in [0.25, 0.3) is 17.2 Å². The van der Waals surface area contributed by atoms with Crippen LogP contribution in [0.1, 0.15) is 23.2 Å². The normalized spacial score (nSPS) is 16.3. The number of anilines is 1. The van der Waals surface area contributed by atoms with Crippen LogP contribution in [0, 0.1) is 0 Å². The molecule has 0 spiro atoms. The number of nitrogens with two attached hydrogens (primary N) is 2. The molecular weight excluding hydrogens is 324 g/mol. The first-order valence-electron chi connectivity index (χ1n) is 7.93. The molecule has 0 atom stereocenters. The highest BCUT2D eigenvalue weighted by atomic mass is 16.3. The molecule has 9 nitrogen and oxygen atoms in total. The molecule has 0 aliphatic carbocycles. The molecule has 1 aliphatic rings. The van der Waals surface area contributed by atoms with E-state index >= 15 is 0 Å². The van der Waals surface area contributed by atoms with Crippen molar-refractivity contribution in [1.29, 1.82) is 0 Å². The lowest BCUT2D eigenvalue weighted by Gasteiger charge is -2.25. The Balaban J connectivity index is 1.80. The van der Waals surface area contributed by atoms with Gasteiger partial charge in [0.05, 0.1) is 25.0 Å². The number of aromatic nitrogens is 3. The number of hydrogen-bond acceptors (Lipinski definition) is 6. The highest BCUT2D eigenvalue weighted by Gasteiger charge is 2.46. The van der Waals surface area contributed by atoms with Crippen LogP contribution >= 0.6 is 0 Å². The van der Waals surface area contributed by atoms with Crippen LogP contribution < -0.4 is 11.5 Å². The minimum Gasteiger partial charge on any atom is -0.461 e. The van der Waals surface area contributed by atoms with E-state index in [2.05, 4.69) is 10.1 Å². The van der Waals surface area contributed by atoms with Crippen molar-refractivity contribution in [2.24, 2.45) is 5.73 Å². The molecular formula is C16H17N6O3+. The third kappa shape index (κ3) is 2.28. The Labute approximate surface area is 142 Å². The minimum atomic E-state index is -0.643. The summed E-state index contributed by atoms with van der Waals surface area (Å²) >= 11 is 0. The maximum Gasteiger partial charge on any atom is 0.421 e. The molecule has 4 heterocycles. The molecule has 0 bridgehead atoms. The number of amides is 3. The number of rotatable bonds is 2. The topological polar surface area (TPSA) is 130 Å². The van der Waals surface area contributed by atoms with Crippen molar-refractivity contribution >= 4 is 23.3 Å². The number of nitrogen functional groups attached to an aromatic ring is 1.